The van der Waals surface area contributed by atoms with Gasteiger partial charge in [-0.05, 0) is 13.3 Å². The molecule has 0 fully saturated rings. The molecule has 1 N–H and O–H groups in total. The molecule has 0 amide bonds. The maximum Gasteiger partial charge on any atom is 0.316 e. The normalized spacial score (nSPS) is 12.5. The molecule has 0 aromatic rings. The summed E-state index contributed by atoms with van der Waals surface area (Å²) in [6, 6.07) is 0. The van der Waals surface area contributed by atoms with Gasteiger partial charge in [-0.25, -0.2) is 0 Å². The van der Waals surface area contributed by atoms with Crippen molar-refractivity contribution >= 4 is 23.5 Å². The number of carbonyl (C=O) groups excluding carboxylic acids is 1. The smallest absolute Gasteiger partial charge is 0.316 e. The van der Waals surface area contributed by atoms with Gasteiger partial charge in [-0.2, -0.15) is 0 Å². The van der Waals surface area contributed by atoms with Gasteiger partial charge in [0.25, 0.3) is 0 Å². The van der Waals surface area contributed by atoms with E-state index in [0.29, 0.717) is 12.2 Å². The van der Waals surface area contributed by atoms with Crippen molar-refractivity contribution in [3.05, 3.63) is 0 Å². The van der Waals surface area contributed by atoms with Crippen molar-refractivity contribution in [2.24, 2.45) is 0 Å². The van der Waals surface area contributed by atoms with E-state index in [0.717, 1.165) is 0 Å². The lowest BCUT2D eigenvalue weighted by Gasteiger charge is -2.06. The van der Waals surface area contributed by atoms with E-state index in [-0.39, 0.29) is 5.78 Å². The largest absolute Gasteiger partial charge is 0.480 e. The topological polar surface area (TPSA) is 54.4 Å². The Morgan fingerprint density at radius 2 is 2.09 bits per heavy atom. The number of carboxylic acid groups (broad SMARTS) is 1. The lowest BCUT2D eigenvalue weighted by molar-refractivity contribution is -0.136. The molecule has 0 bridgehead atoms. The van der Waals surface area contributed by atoms with Gasteiger partial charge in [0.15, 0.2) is 0 Å². The zero-order chi connectivity index (χ0) is 8.85. The van der Waals surface area contributed by atoms with Gasteiger partial charge in [-0.1, -0.05) is 6.92 Å². The number of ketones is 1. The summed E-state index contributed by atoms with van der Waals surface area (Å²) in [5.74, 6) is -0.515. The van der Waals surface area contributed by atoms with Crippen LogP contribution < -0.4 is 0 Å². The first kappa shape index (κ1) is 10.5. The predicted octanol–water partition coefficient (Wildman–Crippen LogP) is 1.17. The summed E-state index contributed by atoms with van der Waals surface area (Å²) in [4.78, 5) is 20.9. The molecule has 1 atom stereocenters. The molecule has 0 saturated heterocycles. The maximum atomic E-state index is 10.5. The molecule has 3 nitrogen and oxygen atoms in total. The number of carboxylic acids is 1. The summed E-state index contributed by atoms with van der Waals surface area (Å²) in [7, 11) is 0. The Hall–Kier alpha value is -0.510. The van der Waals surface area contributed by atoms with Gasteiger partial charge in [-0.3, -0.25) is 9.59 Å². The highest BCUT2D eigenvalue weighted by Crippen LogP contribution is 2.14. The Kier molecular flexibility index (Phi) is 4.94. The van der Waals surface area contributed by atoms with Gasteiger partial charge in [0, 0.05) is 0 Å². The molecule has 0 unspecified atom stereocenters. The minimum absolute atomic E-state index is 0.0229. The van der Waals surface area contributed by atoms with Crippen LogP contribution in [0.2, 0.25) is 0 Å². The second kappa shape index (κ2) is 5.18. The van der Waals surface area contributed by atoms with E-state index in [1.165, 1.54) is 18.7 Å². The Bertz CT molecular complexity index is 156. The molecule has 0 aliphatic carbocycles. The predicted molar refractivity (Wildman–Crippen MR) is 44.9 cm³/mol. The second-order valence-electron chi connectivity index (χ2n) is 2.25. The van der Waals surface area contributed by atoms with E-state index < -0.39 is 11.2 Å². The van der Waals surface area contributed by atoms with Gasteiger partial charge < -0.3 is 5.11 Å². The molecule has 64 valence electrons. The molecule has 0 aliphatic rings. The average Bonchev–Trinajstić information content (AvgIpc) is 1.87. The average molecular weight is 176 g/mol. The monoisotopic (exact) mass is 176 g/mol. The molecule has 4 heteroatoms. The van der Waals surface area contributed by atoms with Crippen LogP contribution >= 0.6 is 11.8 Å². The molecule has 0 saturated carbocycles. The molecular formula is C7H12O3S. The fourth-order valence-electron chi connectivity index (χ4n) is 0.582. The number of Topliss-reactive ketones (excluding diaryl/α,β-unsaturated/α-hetero) is 1. The third-order valence-corrected chi connectivity index (χ3v) is 2.64. The minimum Gasteiger partial charge on any atom is -0.480 e. The standard InChI is InChI=1S/C7H12O3S/c1-3-6(7(9)10)11-4-5(2)8/h6H,3-4H2,1-2H3,(H,9,10)/t6-/m0/s1. The van der Waals surface area contributed by atoms with Crippen LogP contribution in [0.4, 0.5) is 0 Å². The molecule has 0 aliphatic heterocycles. The molecule has 0 spiro atoms. The van der Waals surface area contributed by atoms with E-state index in [1.54, 1.807) is 6.92 Å². The lowest BCUT2D eigenvalue weighted by atomic mass is 10.3. The highest BCUT2D eigenvalue weighted by atomic mass is 32.2. The Morgan fingerprint density at radius 3 is 2.36 bits per heavy atom. The van der Waals surface area contributed by atoms with Gasteiger partial charge in [0.2, 0.25) is 0 Å². The third-order valence-electron chi connectivity index (χ3n) is 1.13. The van der Waals surface area contributed by atoms with Crippen LogP contribution in [0.3, 0.4) is 0 Å². The minimum atomic E-state index is -0.834. The fraction of sp³-hybridized carbons (Fsp3) is 0.714. The first-order chi connectivity index (χ1) is 5.07. The quantitative estimate of drug-likeness (QED) is 0.683. The van der Waals surface area contributed by atoms with Crippen molar-refractivity contribution in [3.8, 4) is 0 Å². The Labute approximate surface area is 70.2 Å². The van der Waals surface area contributed by atoms with E-state index in [2.05, 4.69) is 0 Å². The Morgan fingerprint density at radius 1 is 1.55 bits per heavy atom. The highest BCUT2D eigenvalue weighted by Gasteiger charge is 2.15. The van der Waals surface area contributed by atoms with Crippen LogP contribution in [0.15, 0.2) is 0 Å². The summed E-state index contributed by atoms with van der Waals surface area (Å²) in [6.07, 6.45) is 0.563. The summed E-state index contributed by atoms with van der Waals surface area (Å²) in [5.41, 5.74) is 0. The van der Waals surface area contributed by atoms with Crippen molar-refractivity contribution in [3.63, 3.8) is 0 Å². The SMILES string of the molecule is CC[C@H](SCC(C)=O)C(=O)O. The van der Waals surface area contributed by atoms with Gasteiger partial charge in [-0.15, -0.1) is 11.8 Å². The number of rotatable bonds is 5. The summed E-state index contributed by atoms with van der Waals surface area (Å²) >= 11 is 1.19. The summed E-state index contributed by atoms with van der Waals surface area (Å²) in [5, 5.41) is 8.12. The second-order valence-corrected chi connectivity index (χ2v) is 3.44. The molecule has 0 rings (SSSR count). The first-order valence-corrected chi connectivity index (χ1v) is 4.46. The lowest BCUT2D eigenvalue weighted by Crippen LogP contribution is -2.16. The molecule has 0 radical (unpaired) electrons. The van der Waals surface area contributed by atoms with E-state index in [9.17, 15) is 9.59 Å². The number of hydrogen-bond acceptors (Lipinski definition) is 3. The number of thioether (sulfide) groups is 1. The van der Waals surface area contributed by atoms with E-state index in [1.807, 2.05) is 0 Å². The first-order valence-electron chi connectivity index (χ1n) is 3.41. The summed E-state index contributed by atoms with van der Waals surface area (Å²) in [6.45, 7) is 3.26. The highest BCUT2D eigenvalue weighted by molar-refractivity contribution is 8.01. The van der Waals surface area contributed by atoms with Crippen LogP contribution in [-0.4, -0.2) is 27.9 Å². The number of carbonyl (C=O) groups is 2. The van der Waals surface area contributed by atoms with Crippen LogP contribution in [0.25, 0.3) is 0 Å². The molecule has 0 heterocycles. The number of aliphatic carboxylic acids is 1. The van der Waals surface area contributed by atoms with Crippen molar-refractivity contribution in [1.82, 2.24) is 0 Å². The van der Waals surface area contributed by atoms with Gasteiger partial charge in [0.05, 0.1) is 5.75 Å². The maximum absolute atomic E-state index is 10.5. The fourth-order valence-corrected chi connectivity index (χ4v) is 1.40. The third kappa shape index (κ3) is 4.84. The van der Waals surface area contributed by atoms with Crippen molar-refractivity contribution in [2.75, 3.05) is 5.75 Å². The molecule has 11 heavy (non-hydrogen) atoms. The van der Waals surface area contributed by atoms with Crippen molar-refractivity contribution in [2.45, 2.75) is 25.5 Å². The number of hydrogen-bond donors (Lipinski definition) is 1. The van der Waals surface area contributed by atoms with Crippen LogP contribution in [-0.2, 0) is 9.59 Å². The van der Waals surface area contributed by atoms with Crippen LogP contribution in [0, 0.1) is 0 Å². The van der Waals surface area contributed by atoms with Crippen molar-refractivity contribution < 1.29 is 14.7 Å². The van der Waals surface area contributed by atoms with Crippen molar-refractivity contribution in [1.29, 1.82) is 0 Å². The molecule has 0 aromatic heterocycles. The zero-order valence-corrected chi connectivity index (χ0v) is 7.48. The van der Waals surface area contributed by atoms with Gasteiger partial charge >= 0.3 is 5.97 Å². The van der Waals surface area contributed by atoms with E-state index in [4.69, 9.17) is 5.11 Å². The Balaban J connectivity index is 3.70. The molecular weight excluding hydrogens is 164 g/mol. The van der Waals surface area contributed by atoms with E-state index >= 15 is 0 Å². The molecule has 0 aromatic carbocycles. The summed E-state index contributed by atoms with van der Waals surface area (Å²) < 4.78 is 0. The van der Waals surface area contributed by atoms with Gasteiger partial charge in [0.1, 0.15) is 11.0 Å². The van der Waals surface area contributed by atoms with Crippen LogP contribution in [0.5, 0.6) is 0 Å². The zero-order valence-electron chi connectivity index (χ0n) is 6.66. The van der Waals surface area contributed by atoms with Crippen LogP contribution in [0.1, 0.15) is 20.3 Å².